The van der Waals surface area contributed by atoms with Gasteiger partial charge in [-0.1, -0.05) is 46.3 Å². The van der Waals surface area contributed by atoms with Gasteiger partial charge in [0.05, 0.1) is 0 Å². The van der Waals surface area contributed by atoms with E-state index in [2.05, 4.69) is 86.3 Å². The summed E-state index contributed by atoms with van der Waals surface area (Å²) in [6, 6.07) is 8.42. The van der Waals surface area contributed by atoms with Crippen LogP contribution in [0.3, 0.4) is 0 Å². The molecule has 0 aliphatic heterocycles. The number of halogens is 1. The van der Waals surface area contributed by atoms with Crippen LogP contribution < -0.4 is 0 Å². The molecule has 0 heterocycles. The van der Waals surface area contributed by atoms with E-state index in [1.165, 1.54) is 22.3 Å². The predicted molar refractivity (Wildman–Crippen MR) is 102 cm³/mol. The Morgan fingerprint density at radius 3 is 2.45 bits per heavy atom. The number of hydrogen-bond donors (Lipinski definition) is 0. The van der Waals surface area contributed by atoms with Crippen molar-refractivity contribution in [1.82, 2.24) is 0 Å². The lowest BCUT2D eigenvalue weighted by Gasteiger charge is -2.30. The zero-order valence-corrected chi connectivity index (χ0v) is 16.8. The summed E-state index contributed by atoms with van der Waals surface area (Å²) < 4.78 is 7.49. The SMILES string of the molecule is C=C(C)[C@@H]1C=C(O[Si](C)(C)C)C(C)=C(c2ccccc2Br)C1. The zero-order chi connectivity index (χ0) is 16.5. The highest BCUT2D eigenvalue weighted by Crippen LogP contribution is 2.40. The summed E-state index contributed by atoms with van der Waals surface area (Å²) in [7, 11) is -1.64. The molecule has 1 aliphatic rings. The van der Waals surface area contributed by atoms with Crippen LogP contribution >= 0.6 is 15.9 Å². The molecule has 0 saturated carbocycles. The first-order chi connectivity index (χ1) is 10.2. The smallest absolute Gasteiger partial charge is 0.242 e. The standard InChI is InChI=1S/C19H25BrOSi/c1-13(2)15-11-17(16-9-7-8-10-18(16)20)14(3)19(12-15)21-22(4,5)6/h7-10,12,15H,1,11H2,2-6H3/t15-/m0/s1. The van der Waals surface area contributed by atoms with Crippen LogP contribution in [0.25, 0.3) is 5.57 Å². The monoisotopic (exact) mass is 376 g/mol. The maximum Gasteiger partial charge on any atom is 0.242 e. The highest BCUT2D eigenvalue weighted by Gasteiger charge is 2.26. The molecule has 1 nitrogen and oxygen atoms in total. The van der Waals surface area contributed by atoms with E-state index in [9.17, 15) is 0 Å². The topological polar surface area (TPSA) is 9.23 Å². The molecular formula is C19H25BrOSi. The lowest BCUT2D eigenvalue weighted by Crippen LogP contribution is -2.26. The van der Waals surface area contributed by atoms with Gasteiger partial charge in [0.1, 0.15) is 5.76 Å². The van der Waals surface area contributed by atoms with E-state index in [1.54, 1.807) is 0 Å². The first-order valence-electron chi connectivity index (χ1n) is 7.70. The van der Waals surface area contributed by atoms with E-state index in [0.717, 1.165) is 16.7 Å². The number of hydrogen-bond acceptors (Lipinski definition) is 1. The van der Waals surface area contributed by atoms with E-state index in [-0.39, 0.29) is 0 Å². The molecule has 0 aromatic heterocycles. The molecule has 0 saturated heterocycles. The highest BCUT2D eigenvalue weighted by molar-refractivity contribution is 9.10. The number of allylic oxidation sites excluding steroid dienone is 4. The average molecular weight is 377 g/mol. The van der Waals surface area contributed by atoms with Crippen LogP contribution in [0.15, 0.2) is 58.3 Å². The van der Waals surface area contributed by atoms with E-state index in [1.807, 2.05) is 0 Å². The van der Waals surface area contributed by atoms with Crippen molar-refractivity contribution in [2.75, 3.05) is 0 Å². The second kappa shape index (κ2) is 6.59. The quantitative estimate of drug-likeness (QED) is 0.427. The summed E-state index contributed by atoms with van der Waals surface area (Å²) in [6.45, 7) is 15.1. The molecule has 0 fully saturated rings. The molecule has 0 bridgehead atoms. The van der Waals surface area contributed by atoms with Gasteiger partial charge in [-0.3, -0.25) is 0 Å². The van der Waals surface area contributed by atoms with Gasteiger partial charge in [0.25, 0.3) is 0 Å². The van der Waals surface area contributed by atoms with Crippen molar-refractivity contribution in [3.8, 4) is 0 Å². The molecule has 0 spiro atoms. The summed E-state index contributed by atoms with van der Waals surface area (Å²) in [5.74, 6) is 1.39. The molecule has 1 atom stereocenters. The van der Waals surface area contributed by atoms with E-state index < -0.39 is 8.32 Å². The van der Waals surface area contributed by atoms with Crippen LogP contribution in [-0.2, 0) is 4.43 Å². The van der Waals surface area contributed by atoms with Crippen molar-refractivity contribution in [2.45, 2.75) is 39.9 Å². The summed E-state index contributed by atoms with van der Waals surface area (Å²) in [5, 5.41) is 0. The average Bonchev–Trinajstić information content (AvgIpc) is 2.40. The van der Waals surface area contributed by atoms with Gasteiger partial charge < -0.3 is 4.43 Å². The highest BCUT2D eigenvalue weighted by atomic mass is 79.9. The van der Waals surface area contributed by atoms with Gasteiger partial charge in [0, 0.05) is 10.4 Å². The molecule has 1 aliphatic carbocycles. The van der Waals surface area contributed by atoms with Crippen LogP contribution in [0.2, 0.25) is 19.6 Å². The zero-order valence-electron chi connectivity index (χ0n) is 14.2. The molecule has 0 amide bonds. The minimum Gasteiger partial charge on any atom is -0.544 e. The van der Waals surface area contributed by atoms with Crippen LogP contribution in [0, 0.1) is 5.92 Å². The Hall–Kier alpha value is -1.06. The molecule has 1 aromatic carbocycles. The lowest BCUT2D eigenvalue weighted by atomic mass is 9.82. The van der Waals surface area contributed by atoms with Crippen LogP contribution in [0.1, 0.15) is 25.8 Å². The summed E-state index contributed by atoms with van der Waals surface area (Å²) in [6.07, 6.45) is 3.25. The Morgan fingerprint density at radius 2 is 1.91 bits per heavy atom. The Morgan fingerprint density at radius 1 is 1.27 bits per heavy atom. The lowest BCUT2D eigenvalue weighted by molar-refractivity contribution is 0.423. The summed E-state index contributed by atoms with van der Waals surface area (Å²) in [4.78, 5) is 0. The Bertz CT molecular complexity index is 650. The second-order valence-electron chi connectivity index (χ2n) is 6.99. The maximum atomic E-state index is 6.35. The molecule has 0 unspecified atom stereocenters. The largest absolute Gasteiger partial charge is 0.544 e. The Balaban J connectivity index is 2.51. The Labute approximate surface area is 144 Å². The van der Waals surface area contributed by atoms with Gasteiger partial charge in [-0.05, 0) is 68.8 Å². The van der Waals surface area contributed by atoms with Gasteiger partial charge in [-0.25, -0.2) is 0 Å². The normalized spacial score (nSPS) is 19.0. The third kappa shape index (κ3) is 4.02. The van der Waals surface area contributed by atoms with Crippen molar-refractivity contribution < 1.29 is 4.43 Å². The van der Waals surface area contributed by atoms with Gasteiger partial charge in [0.15, 0.2) is 0 Å². The summed E-state index contributed by atoms with van der Waals surface area (Å²) >= 11 is 3.69. The van der Waals surface area contributed by atoms with Crippen LogP contribution in [-0.4, -0.2) is 8.32 Å². The van der Waals surface area contributed by atoms with Crippen molar-refractivity contribution >= 4 is 29.8 Å². The van der Waals surface area contributed by atoms with Gasteiger partial charge in [-0.15, -0.1) is 0 Å². The summed E-state index contributed by atoms with van der Waals surface area (Å²) in [5.41, 5.74) is 5.06. The molecule has 1 aromatic rings. The molecule has 0 N–H and O–H groups in total. The van der Waals surface area contributed by atoms with Crippen molar-refractivity contribution in [2.24, 2.45) is 5.92 Å². The first kappa shape index (κ1) is 17.3. The fraction of sp³-hybridized carbons (Fsp3) is 0.368. The predicted octanol–water partition coefficient (Wildman–Crippen LogP) is 6.55. The van der Waals surface area contributed by atoms with Crippen LogP contribution in [0.5, 0.6) is 0 Å². The van der Waals surface area contributed by atoms with E-state index in [4.69, 9.17) is 4.43 Å². The molecule has 3 heteroatoms. The number of rotatable bonds is 4. The Kier molecular flexibility index (Phi) is 5.18. The third-order valence-electron chi connectivity index (χ3n) is 3.85. The molecular weight excluding hydrogens is 352 g/mol. The second-order valence-corrected chi connectivity index (χ2v) is 12.3. The van der Waals surface area contributed by atoms with E-state index in [0.29, 0.717) is 5.92 Å². The molecule has 0 radical (unpaired) electrons. The van der Waals surface area contributed by atoms with Gasteiger partial charge >= 0.3 is 0 Å². The van der Waals surface area contributed by atoms with Gasteiger partial charge in [0.2, 0.25) is 8.32 Å². The fourth-order valence-corrected chi connectivity index (χ4v) is 4.07. The van der Waals surface area contributed by atoms with Gasteiger partial charge in [-0.2, -0.15) is 0 Å². The van der Waals surface area contributed by atoms with Crippen LogP contribution in [0.4, 0.5) is 0 Å². The minimum atomic E-state index is -1.64. The molecule has 22 heavy (non-hydrogen) atoms. The number of benzene rings is 1. The fourth-order valence-electron chi connectivity index (χ4n) is 2.66. The third-order valence-corrected chi connectivity index (χ3v) is 5.37. The minimum absolute atomic E-state index is 0.345. The molecule has 118 valence electrons. The first-order valence-corrected chi connectivity index (χ1v) is 11.9. The van der Waals surface area contributed by atoms with Crippen molar-refractivity contribution in [1.29, 1.82) is 0 Å². The van der Waals surface area contributed by atoms with Crippen molar-refractivity contribution in [3.05, 3.63) is 63.9 Å². The maximum absolute atomic E-state index is 6.35. The molecule has 2 rings (SSSR count). The van der Waals surface area contributed by atoms with Crippen molar-refractivity contribution in [3.63, 3.8) is 0 Å². The van der Waals surface area contributed by atoms with E-state index >= 15 is 0 Å².